The molecule has 1 saturated heterocycles. The van der Waals surface area contributed by atoms with Gasteiger partial charge in [-0.15, -0.1) is 0 Å². The van der Waals surface area contributed by atoms with Crippen LogP contribution in [0.15, 0.2) is 30.3 Å². The molecule has 4 N–H and O–H groups in total. The van der Waals surface area contributed by atoms with Crippen molar-refractivity contribution in [2.24, 2.45) is 5.84 Å². The number of likely N-dealkylation sites (tertiary alicyclic amines) is 1. The summed E-state index contributed by atoms with van der Waals surface area (Å²) >= 11 is 0. The Bertz CT molecular complexity index is 390. The number of nitrogens with one attached hydrogen (secondary N) is 2. The van der Waals surface area contributed by atoms with Crippen molar-refractivity contribution in [2.75, 3.05) is 25.0 Å². The third-order valence-corrected chi connectivity index (χ3v) is 3.51. The van der Waals surface area contributed by atoms with Crippen LogP contribution in [0.25, 0.3) is 0 Å². The van der Waals surface area contributed by atoms with Gasteiger partial charge in [-0.1, -0.05) is 18.2 Å². The van der Waals surface area contributed by atoms with E-state index in [0.717, 1.165) is 31.7 Å². The van der Waals surface area contributed by atoms with Crippen molar-refractivity contribution in [1.82, 2.24) is 10.3 Å². The number of hydrazine groups is 1. The number of nitrogens with zero attached hydrogens (tertiary/aromatic N) is 1. The highest BCUT2D eigenvalue weighted by Crippen LogP contribution is 2.12. The molecule has 1 unspecified atom stereocenters. The lowest BCUT2D eigenvalue weighted by molar-refractivity contribution is -0.122. The minimum Gasteiger partial charge on any atom is -0.374 e. The van der Waals surface area contributed by atoms with E-state index in [1.54, 1.807) is 0 Å². The molecule has 104 valence electrons. The molecule has 5 heteroatoms. The van der Waals surface area contributed by atoms with Crippen molar-refractivity contribution in [3.05, 3.63) is 30.3 Å². The fourth-order valence-electron chi connectivity index (χ4n) is 2.42. The molecule has 1 aromatic carbocycles. The molecule has 1 atom stereocenters. The number of hydrogen-bond donors (Lipinski definition) is 3. The monoisotopic (exact) mass is 262 g/mol. The predicted molar refractivity (Wildman–Crippen MR) is 76.5 cm³/mol. The molecule has 0 spiro atoms. The fourth-order valence-corrected chi connectivity index (χ4v) is 2.42. The number of carbonyl (C=O) groups is 1. The Balaban J connectivity index is 1.89. The maximum absolute atomic E-state index is 11.8. The first-order valence-electron chi connectivity index (χ1n) is 6.84. The van der Waals surface area contributed by atoms with E-state index in [4.69, 9.17) is 5.84 Å². The third kappa shape index (κ3) is 4.22. The highest BCUT2D eigenvalue weighted by molar-refractivity contribution is 5.84. The van der Waals surface area contributed by atoms with Crippen LogP contribution in [0.4, 0.5) is 5.69 Å². The minimum atomic E-state index is -0.284. The van der Waals surface area contributed by atoms with Gasteiger partial charge in [0.15, 0.2) is 0 Å². The number of carbonyl (C=O) groups excluding carboxylic acids is 1. The van der Waals surface area contributed by atoms with E-state index in [1.807, 2.05) is 30.3 Å². The summed E-state index contributed by atoms with van der Waals surface area (Å²) in [5.74, 6) is 5.09. The van der Waals surface area contributed by atoms with Gasteiger partial charge in [-0.3, -0.25) is 10.2 Å². The first kappa shape index (κ1) is 13.8. The smallest absolute Gasteiger partial charge is 0.256 e. The molecule has 1 aromatic rings. The van der Waals surface area contributed by atoms with Gasteiger partial charge in [-0.05, 0) is 44.5 Å². The van der Waals surface area contributed by atoms with Crippen molar-refractivity contribution in [3.8, 4) is 0 Å². The van der Waals surface area contributed by atoms with Crippen LogP contribution in [0.5, 0.6) is 0 Å². The number of amides is 1. The zero-order valence-electron chi connectivity index (χ0n) is 11.1. The first-order valence-corrected chi connectivity index (χ1v) is 6.84. The lowest BCUT2D eigenvalue weighted by atomic mass is 10.1. The standard InChI is InChI=1S/C14H22N4O/c15-17-14(19)13(8-11-18-9-4-5-10-18)16-12-6-2-1-3-7-12/h1-3,6-7,13,16H,4-5,8-11,15H2,(H,17,19). The molecule has 5 nitrogen and oxygen atoms in total. The molecular formula is C14H22N4O. The van der Waals surface area contributed by atoms with Crippen molar-refractivity contribution in [1.29, 1.82) is 0 Å². The first-order chi connectivity index (χ1) is 9.29. The Labute approximate surface area is 114 Å². The second kappa shape index (κ2) is 7.11. The summed E-state index contributed by atoms with van der Waals surface area (Å²) in [7, 11) is 0. The molecule has 1 aliphatic heterocycles. The van der Waals surface area contributed by atoms with Crippen molar-refractivity contribution < 1.29 is 4.79 Å². The molecule has 1 amide bonds. The number of para-hydroxylation sites is 1. The molecule has 0 aliphatic carbocycles. The highest BCUT2D eigenvalue weighted by Gasteiger charge is 2.19. The summed E-state index contributed by atoms with van der Waals surface area (Å²) in [5, 5.41) is 3.23. The van der Waals surface area contributed by atoms with Crippen molar-refractivity contribution >= 4 is 11.6 Å². The van der Waals surface area contributed by atoms with Crippen molar-refractivity contribution in [2.45, 2.75) is 25.3 Å². The molecule has 2 rings (SSSR count). The van der Waals surface area contributed by atoms with E-state index in [1.165, 1.54) is 12.8 Å². The summed E-state index contributed by atoms with van der Waals surface area (Å²) in [4.78, 5) is 14.2. The average Bonchev–Trinajstić information content (AvgIpc) is 2.97. The number of hydrogen-bond acceptors (Lipinski definition) is 4. The van der Waals surface area contributed by atoms with Gasteiger partial charge in [0.05, 0.1) is 0 Å². The van der Waals surface area contributed by atoms with Crippen LogP contribution in [0.3, 0.4) is 0 Å². The van der Waals surface area contributed by atoms with Crippen molar-refractivity contribution in [3.63, 3.8) is 0 Å². The molecule has 1 fully saturated rings. The molecular weight excluding hydrogens is 240 g/mol. The second-order valence-corrected chi connectivity index (χ2v) is 4.91. The quantitative estimate of drug-likeness (QED) is 0.405. The molecule has 0 aromatic heterocycles. The Hall–Kier alpha value is -1.59. The predicted octanol–water partition coefficient (Wildman–Crippen LogP) is 0.943. The van der Waals surface area contributed by atoms with E-state index in [9.17, 15) is 4.79 Å². The Morgan fingerprint density at radius 3 is 2.58 bits per heavy atom. The average molecular weight is 262 g/mol. The lowest BCUT2D eigenvalue weighted by Gasteiger charge is -2.21. The van der Waals surface area contributed by atoms with E-state index >= 15 is 0 Å². The molecule has 19 heavy (non-hydrogen) atoms. The van der Waals surface area contributed by atoms with Crippen LogP contribution in [-0.4, -0.2) is 36.5 Å². The molecule has 0 saturated carbocycles. The minimum absolute atomic E-state index is 0.164. The zero-order valence-corrected chi connectivity index (χ0v) is 11.1. The van der Waals surface area contributed by atoms with E-state index in [2.05, 4.69) is 15.6 Å². The number of nitrogens with two attached hydrogens (primary N) is 1. The van der Waals surface area contributed by atoms with Gasteiger partial charge >= 0.3 is 0 Å². The Morgan fingerprint density at radius 2 is 1.95 bits per heavy atom. The maximum Gasteiger partial charge on any atom is 0.256 e. The third-order valence-electron chi connectivity index (χ3n) is 3.51. The summed E-state index contributed by atoms with van der Waals surface area (Å²) in [5.41, 5.74) is 3.18. The molecule has 1 aliphatic rings. The van der Waals surface area contributed by atoms with Gasteiger partial charge in [0.25, 0.3) is 5.91 Å². The van der Waals surface area contributed by atoms with E-state index < -0.39 is 0 Å². The van der Waals surface area contributed by atoms with Gasteiger partial charge in [0.2, 0.25) is 0 Å². The normalized spacial score (nSPS) is 17.1. The number of anilines is 1. The van der Waals surface area contributed by atoms with Crippen LogP contribution >= 0.6 is 0 Å². The number of rotatable bonds is 6. The van der Waals surface area contributed by atoms with Crippen LogP contribution in [0.1, 0.15) is 19.3 Å². The maximum atomic E-state index is 11.8. The lowest BCUT2D eigenvalue weighted by Crippen LogP contribution is -2.44. The summed E-state index contributed by atoms with van der Waals surface area (Å²) in [6.07, 6.45) is 3.29. The Morgan fingerprint density at radius 1 is 1.26 bits per heavy atom. The summed E-state index contributed by atoms with van der Waals surface area (Å²) in [6.45, 7) is 3.21. The largest absolute Gasteiger partial charge is 0.374 e. The van der Waals surface area contributed by atoms with Crippen LogP contribution in [-0.2, 0) is 4.79 Å². The van der Waals surface area contributed by atoms with Gasteiger partial charge in [-0.25, -0.2) is 5.84 Å². The molecule has 0 radical (unpaired) electrons. The molecule has 0 bridgehead atoms. The summed E-state index contributed by atoms with van der Waals surface area (Å²) in [6, 6.07) is 9.46. The zero-order chi connectivity index (χ0) is 13.5. The SMILES string of the molecule is NNC(=O)C(CCN1CCCC1)Nc1ccccc1. The Kier molecular flexibility index (Phi) is 5.18. The van der Waals surface area contributed by atoms with Gasteiger partial charge in [-0.2, -0.15) is 0 Å². The molecule has 1 heterocycles. The van der Waals surface area contributed by atoms with Crippen LogP contribution in [0, 0.1) is 0 Å². The van der Waals surface area contributed by atoms with E-state index in [-0.39, 0.29) is 11.9 Å². The topological polar surface area (TPSA) is 70.4 Å². The second-order valence-electron chi connectivity index (χ2n) is 4.91. The van der Waals surface area contributed by atoms with Gasteiger partial charge < -0.3 is 10.2 Å². The van der Waals surface area contributed by atoms with Crippen LogP contribution in [0.2, 0.25) is 0 Å². The van der Waals surface area contributed by atoms with Gasteiger partial charge in [0.1, 0.15) is 6.04 Å². The van der Waals surface area contributed by atoms with Gasteiger partial charge in [0, 0.05) is 12.2 Å². The number of benzene rings is 1. The fraction of sp³-hybridized carbons (Fsp3) is 0.500. The van der Waals surface area contributed by atoms with E-state index in [0.29, 0.717) is 0 Å². The van der Waals surface area contributed by atoms with Crippen LogP contribution < -0.4 is 16.6 Å². The highest BCUT2D eigenvalue weighted by atomic mass is 16.2. The summed E-state index contributed by atoms with van der Waals surface area (Å²) < 4.78 is 0.